The number of esters is 1. The van der Waals surface area contributed by atoms with Gasteiger partial charge in [0.05, 0.1) is 15.6 Å². The minimum absolute atomic E-state index is 0.0317. The van der Waals surface area contributed by atoms with Crippen molar-refractivity contribution in [2.24, 2.45) is 0 Å². The van der Waals surface area contributed by atoms with Crippen LogP contribution in [0.4, 0.5) is 4.39 Å². The highest BCUT2D eigenvalue weighted by molar-refractivity contribution is 7.18. The van der Waals surface area contributed by atoms with Crippen molar-refractivity contribution in [2.75, 3.05) is 0 Å². The molecule has 0 bridgehead atoms. The van der Waals surface area contributed by atoms with Gasteiger partial charge in [-0.15, -0.1) is 11.3 Å². The zero-order valence-electron chi connectivity index (χ0n) is 14.3. The van der Waals surface area contributed by atoms with E-state index in [9.17, 15) is 14.0 Å². The first-order valence-electron chi connectivity index (χ1n) is 8.09. The van der Waals surface area contributed by atoms with Crippen molar-refractivity contribution in [3.05, 3.63) is 62.7 Å². The van der Waals surface area contributed by atoms with Gasteiger partial charge in [-0.05, 0) is 43.3 Å². The normalized spacial score (nSPS) is 10.8. The smallest absolute Gasteiger partial charge is 0.306 e. The molecule has 8 heteroatoms. The first kappa shape index (κ1) is 19.3. The van der Waals surface area contributed by atoms with Crippen LogP contribution < -0.4 is 0 Å². The first-order valence-corrected chi connectivity index (χ1v) is 9.28. The summed E-state index contributed by atoms with van der Waals surface area (Å²) in [6.07, 6.45) is 0.0182. The molecule has 0 fully saturated rings. The van der Waals surface area contributed by atoms with Gasteiger partial charge in [0.25, 0.3) is 0 Å². The van der Waals surface area contributed by atoms with Crippen molar-refractivity contribution < 1.29 is 23.2 Å². The number of hydrogen-bond donors (Lipinski definition) is 0. The number of aromatic nitrogens is 1. The predicted molar refractivity (Wildman–Crippen MR) is 99.3 cm³/mol. The summed E-state index contributed by atoms with van der Waals surface area (Å²) < 4.78 is 24.0. The Balaban J connectivity index is 1.53. The summed E-state index contributed by atoms with van der Waals surface area (Å²) in [5, 5.41) is 3.91. The zero-order valence-corrected chi connectivity index (χ0v) is 15.9. The SMILES string of the molecule is Cc1c(COC(=O)CCC(=O)c2ccc(Cl)s2)noc1-c1ccc(F)cc1. The number of halogens is 2. The van der Waals surface area contributed by atoms with Crippen molar-refractivity contribution >= 4 is 34.7 Å². The van der Waals surface area contributed by atoms with E-state index in [2.05, 4.69) is 5.16 Å². The molecule has 0 aliphatic rings. The number of thiophene rings is 1. The maximum Gasteiger partial charge on any atom is 0.306 e. The highest BCUT2D eigenvalue weighted by Gasteiger charge is 2.17. The number of carbonyl (C=O) groups excluding carboxylic acids is 2. The number of Topliss-reactive ketones (excluding diaryl/α,β-unsaturated/α-hetero) is 1. The lowest BCUT2D eigenvalue weighted by molar-refractivity contribution is -0.145. The van der Waals surface area contributed by atoms with E-state index in [0.29, 0.717) is 31.8 Å². The molecule has 0 amide bonds. The molecule has 0 aliphatic heterocycles. The van der Waals surface area contributed by atoms with Crippen LogP contribution in [0.1, 0.15) is 33.8 Å². The van der Waals surface area contributed by atoms with Crippen molar-refractivity contribution in [1.82, 2.24) is 5.16 Å². The van der Waals surface area contributed by atoms with Crippen LogP contribution >= 0.6 is 22.9 Å². The lowest BCUT2D eigenvalue weighted by Crippen LogP contribution is -2.08. The Morgan fingerprint density at radius 3 is 2.59 bits per heavy atom. The molecule has 1 aromatic carbocycles. The van der Waals surface area contributed by atoms with Crippen molar-refractivity contribution in [1.29, 1.82) is 0 Å². The fourth-order valence-electron chi connectivity index (χ4n) is 2.40. The summed E-state index contributed by atoms with van der Waals surface area (Å²) in [7, 11) is 0. The van der Waals surface area contributed by atoms with Gasteiger partial charge in [0.1, 0.15) is 18.1 Å². The Bertz CT molecular complexity index is 965. The van der Waals surface area contributed by atoms with Crippen LogP contribution in [0.3, 0.4) is 0 Å². The van der Waals surface area contributed by atoms with Crippen LogP contribution in [0.25, 0.3) is 11.3 Å². The fraction of sp³-hybridized carbons (Fsp3) is 0.211. The fourth-order valence-corrected chi connectivity index (χ4v) is 3.41. The summed E-state index contributed by atoms with van der Waals surface area (Å²) >= 11 is 6.97. The first-order chi connectivity index (χ1) is 12.9. The molecule has 0 radical (unpaired) electrons. The zero-order chi connectivity index (χ0) is 19.4. The number of rotatable bonds is 7. The van der Waals surface area contributed by atoms with E-state index in [1.165, 1.54) is 23.5 Å². The minimum Gasteiger partial charge on any atom is -0.459 e. The molecule has 0 saturated carbocycles. The van der Waals surface area contributed by atoms with Crippen LogP contribution in [0.5, 0.6) is 0 Å². The Kier molecular flexibility index (Phi) is 6.03. The lowest BCUT2D eigenvalue weighted by Gasteiger charge is -2.03. The Labute approximate surface area is 163 Å². The minimum atomic E-state index is -0.503. The molecular formula is C19H15ClFNO4S. The molecule has 0 N–H and O–H groups in total. The van der Waals surface area contributed by atoms with E-state index in [0.717, 1.165) is 0 Å². The molecule has 3 rings (SSSR count). The Morgan fingerprint density at radius 1 is 1.19 bits per heavy atom. The van der Waals surface area contributed by atoms with Gasteiger partial charge in [0, 0.05) is 17.5 Å². The van der Waals surface area contributed by atoms with Gasteiger partial charge in [0.15, 0.2) is 11.5 Å². The Hall–Kier alpha value is -2.51. The van der Waals surface area contributed by atoms with Crippen molar-refractivity contribution in [2.45, 2.75) is 26.4 Å². The van der Waals surface area contributed by atoms with E-state index >= 15 is 0 Å². The molecule has 2 aromatic heterocycles. The highest BCUT2D eigenvalue weighted by Crippen LogP contribution is 2.26. The van der Waals surface area contributed by atoms with E-state index in [-0.39, 0.29) is 31.0 Å². The molecule has 27 heavy (non-hydrogen) atoms. The van der Waals surface area contributed by atoms with Crippen LogP contribution in [-0.4, -0.2) is 16.9 Å². The second-order valence-electron chi connectivity index (χ2n) is 5.78. The summed E-state index contributed by atoms with van der Waals surface area (Å²) in [5.41, 5.74) is 1.86. The van der Waals surface area contributed by atoms with Gasteiger partial charge in [-0.1, -0.05) is 16.8 Å². The van der Waals surface area contributed by atoms with Crippen LogP contribution in [0.2, 0.25) is 4.34 Å². The van der Waals surface area contributed by atoms with Crippen LogP contribution in [-0.2, 0) is 16.1 Å². The molecule has 0 unspecified atom stereocenters. The number of carbonyl (C=O) groups is 2. The second kappa shape index (κ2) is 8.45. The highest BCUT2D eigenvalue weighted by atomic mass is 35.5. The number of ether oxygens (including phenoxy) is 1. The second-order valence-corrected chi connectivity index (χ2v) is 7.49. The largest absolute Gasteiger partial charge is 0.459 e. The lowest BCUT2D eigenvalue weighted by atomic mass is 10.1. The van der Waals surface area contributed by atoms with Crippen molar-refractivity contribution in [3.63, 3.8) is 0 Å². The van der Waals surface area contributed by atoms with Crippen LogP contribution in [0.15, 0.2) is 40.9 Å². The molecule has 2 heterocycles. The monoisotopic (exact) mass is 407 g/mol. The van der Waals surface area contributed by atoms with Gasteiger partial charge >= 0.3 is 5.97 Å². The van der Waals surface area contributed by atoms with Crippen molar-refractivity contribution in [3.8, 4) is 11.3 Å². The molecule has 0 saturated heterocycles. The summed E-state index contributed by atoms with van der Waals surface area (Å²) in [4.78, 5) is 24.4. The van der Waals surface area contributed by atoms with Gasteiger partial charge in [-0.25, -0.2) is 4.39 Å². The third-order valence-corrected chi connectivity index (χ3v) is 5.17. The third kappa shape index (κ3) is 4.81. The van der Waals surface area contributed by atoms with Crippen LogP contribution in [0, 0.1) is 12.7 Å². The maximum atomic E-state index is 13.0. The summed E-state index contributed by atoms with van der Waals surface area (Å²) in [6, 6.07) is 9.10. The molecule has 0 aliphatic carbocycles. The number of nitrogens with zero attached hydrogens (tertiary/aromatic N) is 1. The maximum absolute atomic E-state index is 13.0. The molecule has 0 spiro atoms. The molecule has 3 aromatic rings. The topological polar surface area (TPSA) is 69.4 Å². The van der Waals surface area contributed by atoms with Gasteiger partial charge < -0.3 is 9.26 Å². The number of benzene rings is 1. The van der Waals surface area contributed by atoms with Gasteiger partial charge in [0.2, 0.25) is 0 Å². The van der Waals surface area contributed by atoms with E-state index in [1.54, 1.807) is 31.2 Å². The molecule has 0 atom stereocenters. The van der Waals surface area contributed by atoms with Gasteiger partial charge in [-0.2, -0.15) is 0 Å². The average Bonchev–Trinajstić information content (AvgIpc) is 3.25. The van der Waals surface area contributed by atoms with Gasteiger partial charge in [-0.3, -0.25) is 9.59 Å². The average molecular weight is 408 g/mol. The summed E-state index contributed by atoms with van der Waals surface area (Å²) in [5.74, 6) is -0.507. The number of hydrogen-bond acceptors (Lipinski definition) is 6. The molecule has 5 nitrogen and oxygen atoms in total. The Morgan fingerprint density at radius 2 is 1.93 bits per heavy atom. The predicted octanol–water partition coefficient (Wildman–Crippen LogP) is 5.21. The third-order valence-electron chi connectivity index (χ3n) is 3.90. The van der Waals surface area contributed by atoms with E-state index in [1.807, 2.05) is 0 Å². The quantitative estimate of drug-likeness (QED) is 0.397. The number of ketones is 1. The molecule has 140 valence electrons. The molecular weight excluding hydrogens is 393 g/mol. The summed E-state index contributed by atoms with van der Waals surface area (Å²) in [6.45, 7) is 1.72. The van der Waals surface area contributed by atoms with E-state index in [4.69, 9.17) is 20.9 Å². The van der Waals surface area contributed by atoms with E-state index < -0.39 is 5.97 Å². The standard InChI is InChI=1S/C19H15ClFNO4S/c1-11-14(22-26-19(11)12-2-4-13(21)5-3-12)10-25-18(24)9-6-15(23)16-7-8-17(20)27-16/h2-5,7-8H,6,9-10H2,1H3.